The van der Waals surface area contributed by atoms with Crippen molar-refractivity contribution in [2.45, 2.75) is 13.0 Å². The first-order valence-electron chi connectivity index (χ1n) is 6.26. The van der Waals surface area contributed by atoms with E-state index in [1.807, 2.05) is 6.07 Å². The molecule has 1 unspecified atom stereocenters. The van der Waals surface area contributed by atoms with Crippen LogP contribution in [0.1, 0.15) is 12.0 Å². The molecule has 0 N–H and O–H groups in total. The molecule has 1 aromatic carbocycles. The molecule has 18 heavy (non-hydrogen) atoms. The highest BCUT2D eigenvalue weighted by Crippen LogP contribution is 2.27. The summed E-state index contributed by atoms with van der Waals surface area (Å²) in [5.74, 6) is 1.58. The molecule has 1 fully saturated rings. The van der Waals surface area contributed by atoms with Gasteiger partial charge in [-0.1, -0.05) is 6.07 Å². The zero-order chi connectivity index (χ0) is 13.0. The van der Waals surface area contributed by atoms with Crippen molar-refractivity contribution in [2.24, 2.45) is 5.92 Å². The summed E-state index contributed by atoms with van der Waals surface area (Å²) in [4.78, 5) is 2.48. The summed E-state index contributed by atoms with van der Waals surface area (Å²) in [7, 11) is 3.47. The molecule has 0 aromatic heterocycles. The molecule has 1 heterocycles. The van der Waals surface area contributed by atoms with E-state index < -0.39 is 0 Å². The van der Waals surface area contributed by atoms with E-state index in [-0.39, 0.29) is 0 Å². The third-order valence-electron chi connectivity index (χ3n) is 3.39. The van der Waals surface area contributed by atoms with Crippen LogP contribution in [0.2, 0.25) is 0 Å². The Kier molecular flexibility index (Phi) is 5.03. The molecule has 100 valence electrons. The summed E-state index contributed by atoms with van der Waals surface area (Å²) >= 11 is 3.53. The Bertz CT molecular complexity index is 397. The number of rotatable bonds is 5. The summed E-state index contributed by atoms with van der Waals surface area (Å²) in [5.41, 5.74) is 1.32. The maximum atomic E-state index is 5.24. The molecule has 0 saturated carbocycles. The number of nitrogens with zero attached hydrogens (tertiary/aromatic N) is 1. The molecular formula is C14H20BrNO2. The monoisotopic (exact) mass is 313 g/mol. The highest BCUT2D eigenvalue weighted by molar-refractivity contribution is 9.10. The predicted molar refractivity (Wildman–Crippen MR) is 76.0 cm³/mol. The molecule has 0 spiro atoms. The highest BCUT2D eigenvalue weighted by Gasteiger charge is 2.22. The van der Waals surface area contributed by atoms with Crippen molar-refractivity contribution in [1.82, 2.24) is 4.90 Å². The molecule has 1 aliphatic rings. The number of halogens is 1. The average Bonchev–Trinajstić information content (AvgIpc) is 2.77. The quantitative estimate of drug-likeness (QED) is 0.834. The fraction of sp³-hybridized carbons (Fsp3) is 0.571. The number of benzene rings is 1. The molecule has 2 rings (SSSR count). The molecular weight excluding hydrogens is 294 g/mol. The topological polar surface area (TPSA) is 21.7 Å². The van der Waals surface area contributed by atoms with Gasteiger partial charge in [0.25, 0.3) is 0 Å². The maximum absolute atomic E-state index is 5.24. The third-order valence-corrected chi connectivity index (χ3v) is 4.01. The molecule has 4 heteroatoms. The lowest BCUT2D eigenvalue weighted by Crippen LogP contribution is -2.21. The van der Waals surface area contributed by atoms with Gasteiger partial charge < -0.3 is 9.47 Å². The Labute approximate surface area is 117 Å². The van der Waals surface area contributed by atoms with Crippen molar-refractivity contribution in [3.63, 3.8) is 0 Å². The van der Waals surface area contributed by atoms with E-state index in [2.05, 4.69) is 33.0 Å². The van der Waals surface area contributed by atoms with Crippen molar-refractivity contribution < 1.29 is 9.47 Å². The third kappa shape index (κ3) is 3.46. The van der Waals surface area contributed by atoms with Crippen LogP contribution in [0, 0.1) is 5.92 Å². The van der Waals surface area contributed by atoms with Gasteiger partial charge in [-0.15, -0.1) is 0 Å². The number of hydrogen-bond acceptors (Lipinski definition) is 3. The fourth-order valence-corrected chi connectivity index (χ4v) is 3.08. The Morgan fingerprint density at radius 2 is 2.22 bits per heavy atom. The second-order valence-electron chi connectivity index (χ2n) is 4.81. The van der Waals surface area contributed by atoms with Crippen molar-refractivity contribution in [3.8, 4) is 5.75 Å². The van der Waals surface area contributed by atoms with Crippen LogP contribution in [0.4, 0.5) is 0 Å². The summed E-state index contributed by atoms with van der Waals surface area (Å²) in [5, 5.41) is 0. The van der Waals surface area contributed by atoms with Crippen molar-refractivity contribution >= 4 is 15.9 Å². The highest BCUT2D eigenvalue weighted by atomic mass is 79.9. The van der Waals surface area contributed by atoms with E-state index in [1.54, 1.807) is 14.2 Å². The lowest BCUT2D eigenvalue weighted by molar-refractivity contribution is 0.152. The van der Waals surface area contributed by atoms with Gasteiger partial charge in [0, 0.05) is 20.2 Å². The SMILES string of the molecule is COCC1CCN(Cc2ccc(OC)c(Br)c2)C1. The summed E-state index contributed by atoms with van der Waals surface area (Å²) in [6, 6.07) is 6.29. The second kappa shape index (κ2) is 6.55. The van der Waals surface area contributed by atoms with Gasteiger partial charge >= 0.3 is 0 Å². The first-order valence-corrected chi connectivity index (χ1v) is 7.06. The normalized spacial score (nSPS) is 20.3. The van der Waals surface area contributed by atoms with Crippen LogP contribution in [0.15, 0.2) is 22.7 Å². The van der Waals surface area contributed by atoms with Gasteiger partial charge in [-0.3, -0.25) is 4.90 Å². The van der Waals surface area contributed by atoms with E-state index in [4.69, 9.17) is 9.47 Å². The second-order valence-corrected chi connectivity index (χ2v) is 5.67. The van der Waals surface area contributed by atoms with Crippen LogP contribution in [-0.2, 0) is 11.3 Å². The minimum absolute atomic E-state index is 0.691. The zero-order valence-corrected chi connectivity index (χ0v) is 12.6. The van der Waals surface area contributed by atoms with Crippen molar-refractivity contribution in [1.29, 1.82) is 0 Å². The van der Waals surface area contributed by atoms with Gasteiger partial charge in [0.1, 0.15) is 5.75 Å². The number of ether oxygens (including phenoxy) is 2. The van der Waals surface area contributed by atoms with Gasteiger partial charge in [0.15, 0.2) is 0 Å². The van der Waals surface area contributed by atoms with Crippen molar-refractivity contribution in [3.05, 3.63) is 28.2 Å². The standard InChI is InChI=1S/C14H20BrNO2/c1-17-10-12-5-6-16(9-12)8-11-3-4-14(18-2)13(15)7-11/h3-4,7,12H,5-6,8-10H2,1-2H3. The van der Waals surface area contributed by atoms with E-state index in [9.17, 15) is 0 Å². The van der Waals surface area contributed by atoms with E-state index in [1.165, 1.54) is 12.0 Å². The summed E-state index contributed by atoms with van der Waals surface area (Å²) < 4.78 is 11.5. The lowest BCUT2D eigenvalue weighted by Gasteiger charge is -2.16. The number of hydrogen-bond donors (Lipinski definition) is 0. The summed E-state index contributed by atoms with van der Waals surface area (Å²) in [6.07, 6.45) is 1.24. The molecule has 0 radical (unpaired) electrons. The fourth-order valence-electron chi connectivity index (χ4n) is 2.49. The first-order chi connectivity index (χ1) is 8.72. The average molecular weight is 314 g/mol. The van der Waals surface area contributed by atoms with Crippen LogP contribution in [-0.4, -0.2) is 38.8 Å². The van der Waals surface area contributed by atoms with Crippen LogP contribution in [0.25, 0.3) is 0 Å². The molecule has 1 atom stereocenters. The van der Waals surface area contributed by atoms with Gasteiger partial charge in [0.05, 0.1) is 18.2 Å². The van der Waals surface area contributed by atoms with Crippen LogP contribution < -0.4 is 4.74 Å². The van der Waals surface area contributed by atoms with Crippen LogP contribution >= 0.6 is 15.9 Å². The van der Waals surface area contributed by atoms with Crippen LogP contribution in [0.3, 0.4) is 0 Å². The Morgan fingerprint density at radius 3 is 2.89 bits per heavy atom. The molecule has 0 aliphatic carbocycles. The predicted octanol–water partition coefficient (Wildman–Crippen LogP) is 2.93. The number of methoxy groups -OCH3 is 2. The molecule has 1 aliphatic heterocycles. The maximum Gasteiger partial charge on any atom is 0.133 e. The van der Waals surface area contributed by atoms with E-state index in [0.29, 0.717) is 5.92 Å². The van der Waals surface area contributed by atoms with Gasteiger partial charge in [-0.05, 0) is 52.5 Å². The minimum atomic E-state index is 0.691. The lowest BCUT2D eigenvalue weighted by atomic mass is 10.1. The summed E-state index contributed by atoms with van der Waals surface area (Å²) in [6.45, 7) is 4.18. The Morgan fingerprint density at radius 1 is 1.39 bits per heavy atom. The minimum Gasteiger partial charge on any atom is -0.496 e. The molecule has 0 bridgehead atoms. The molecule has 0 amide bonds. The largest absolute Gasteiger partial charge is 0.496 e. The van der Waals surface area contributed by atoms with Gasteiger partial charge in [-0.2, -0.15) is 0 Å². The van der Waals surface area contributed by atoms with Crippen LogP contribution in [0.5, 0.6) is 5.75 Å². The molecule has 1 aromatic rings. The van der Waals surface area contributed by atoms with Crippen molar-refractivity contribution in [2.75, 3.05) is 33.9 Å². The Balaban J connectivity index is 1.92. The van der Waals surface area contributed by atoms with Gasteiger partial charge in [-0.25, -0.2) is 0 Å². The smallest absolute Gasteiger partial charge is 0.133 e. The molecule has 3 nitrogen and oxygen atoms in total. The zero-order valence-electron chi connectivity index (χ0n) is 11.0. The number of likely N-dealkylation sites (tertiary alicyclic amines) is 1. The first kappa shape index (κ1) is 13.8. The van der Waals surface area contributed by atoms with Gasteiger partial charge in [0.2, 0.25) is 0 Å². The van der Waals surface area contributed by atoms with E-state index in [0.717, 1.165) is 36.5 Å². The Hall–Kier alpha value is -0.580. The molecule has 1 saturated heterocycles. The van der Waals surface area contributed by atoms with E-state index >= 15 is 0 Å².